The van der Waals surface area contributed by atoms with Crippen LogP contribution in [0.1, 0.15) is 33.9 Å². The van der Waals surface area contributed by atoms with Crippen molar-refractivity contribution in [2.75, 3.05) is 0 Å². The minimum Gasteiger partial charge on any atom is -0.260 e. The van der Waals surface area contributed by atoms with Crippen molar-refractivity contribution in [1.82, 2.24) is 24.5 Å². The number of hydrogen-bond donors (Lipinski definition) is 0. The molecule has 1 aromatic carbocycles. The predicted octanol–water partition coefficient (Wildman–Crippen LogP) is 3.74. The molecule has 0 fully saturated rings. The first-order valence-electron chi connectivity index (χ1n) is 8.71. The highest BCUT2D eigenvalue weighted by Crippen LogP contribution is 2.12. The molecule has 2 aromatic heterocycles. The molecule has 2 heterocycles. The van der Waals surface area contributed by atoms with E-state index in [0.29, 0.717) is 0 Å². The quantitative estimate of drug-likeness (QED) is 0.688. The third-order valence-corrected chi connectivity index (χ3v) is 4.40. The number of benzene rings is 1. The van der Waals surface area contributed by atoms with E-state index in [1.807, 2.05) is 13.8 Å². The lowest BCUT2D eigenvalue weighted by Gasteiger charge is -2.24. The molecule has 0 aliphatic carbocycles. The van der Waals surface area contributed by atoms with Crippen molar-refractivity contribution >= 4 is 0 Å². The molecule has 0 radical (unpaired) electrons. The van der Waals surface area contributed by atoms with Crippen LogP contribution in [0.2, 0.25) is 0 Å². The van der Waals surface area contributed by atoms with E-state index >= 15 is 0 Å². The molecule has 3 rings (SSSR count). The van der Waals surface area contributed by atoms with Gasteiger partial charge in [0, 0.05) is 17.9 Å². The molecule has 3 aromatic rings. The highest BCUT2D eigenvalue weighted by Gasteiger charge is 2.12. The van der Waals surface area contributed by atoms with Crippen LogP contribution in [0, 0.1) is 34.6 Å². The van der Waals surface area contributed by atoms with Crippen molar-refractivity contribution in [1.29, 1.82) is 0 Å². The first-order valence-corrected chi connectivity index (χ1v) is 8.71. The first-order chi connectivity index (χ1) is 11.9. The fraction of sp³-hybridized carbons (Fsp3) is 0.400. The van der Waals surface area contributed by atoms with Gasteiger partial charge < -0.3 is 0 Å². The number of nitrogens with zero attached hydrogens (tertiary/aromatic N) is 5. The molecule has 0 spiro atoms. The lowest BCUT2D eigenvalue weighted by atomic mass is 10.1. The molecule has 5 nitrogen and oxygen atoms in total. The third-order valence-electron chi connectivity index (χ3n) is 4.40. The summed E-state index contributed by atoms with van der Waals surface area (Å²) in [6.07, 6.45) is 0. The molecular formula is C20H27N5. The summed E-state index contributed by atoms with van der Waals surface area (Å²) in [5, 5.41) is 9.24. The van der Waals surface area contributed by atoms with E-state index in [1.165, 1.54) is 22.5 Å². The molecule has 0 aliphatic rings. The summed E-state index contributed by atoms with van der Waals surface area (Å²) in [6, 6.07) is 13.0. The normalized spacial score (nSPS) is 11.4. The summed E-state index contributed by atoms with van der Waals surface area (Å²) in [7, 11) is 0. The van der Waals surface area contributed by atoms with Crippen molar-refractivity contribution in [2.45, 2.75) is 54.5 Å². The van der Waals surface area contributed by atoms with Gasteiger partial charge in [0.05, 0.1) is 24.7 Å². The van der Waals surface area contributed by atoms with Gasteiger partial charge in [-0.2, -0.15) is 10.2 Å². The van der Waals surface area contributed by atoms with Crippen molar-refractivity contribution in [2.24, 2.45) is 0 Å². The van der Waals surface area contributed by atoms with Crippen LogP contribution in [0.5, 0.6) is 0 Å². The van der Waals surface area contributed by atoms with E-state index in [4.69, 9.17) is 0 Å². The van der Waals surface area contributed by atoms with Crippen molar-refractivity contribution in [3.05, 3.63) is 70.3 Å². The second-order valence-electron chi connectivity index (χ2n) is 6.95. The maximum absolute atomic E-state index is 4.62. The number of aryl methyl sites for hydroxylation is 5. The van der Waals surface area contributed by atoms with Crippen LogP contribution >= 0.6 is 0 Å². The first kappa shape index (κ1) is 17.4. The molecule has 0 amide bonds. The molecule has 0 atom stereocenters. The van der Waals surface area contributed by atoms with Crippen molar-refractivity contribution in [3.63, 3.8) is 0 Å². The molecular weight excluding hydrogens is 310 g/mol. The van der Waals surface area contributed by atoms with Crippen LogP contribution in [0.15, 0.2) is 36.4 Å². The number of rotatable bonds is 6. The SMILES string of the molecule is Cc1ccc(CN(Cn2nc(C)cc2C)Cn2nc(C)cc2C)cc1. The monoisotopic (exact) mass is 337 g/mol. The summed E-state index contributed by atoms with van der Waals surface area (Å²) in [5.41, 5.74) is 7.05. The molecule has 5 heteroatoms. The van der Waals surface area contributed by atoms with E-state index in [0.717, 1.165) is 31.3 Å². The Balaban J connectivity index is 1.83. The second-order valence-corrected chi connectivity index (χ2v) is 6.95. The van der Waals surface area contributed by atoms with Crippen molar-refractivity contribution in [3.8, 4) is 0 Å². The van der Waals surface area contributed by atoms with E-state index < -0.39 is 0 Å². The lowest BCUT2D eigenvalue weighted by molar-refractivity contribution is 0.141. The molecule has 0 saturated carbocycles. The summed E-state index contributed by atoms with van der Waals surface area (Å²) in [4.78, 5) is 2.36. The minimum absolute atomic E-state index is 0.742. The Labute approximate surface area is 149 Å². The zero-order valence-corrected chi connectivity index (χ0v) is 15.8. The molecule has 0 saturated heterocycles. The van der Waals surface area contributed by atoms with Gasteiger partial charge in [0.15, 0.2) is 0 Å². The van der Waals surface area contributed by atoms with Crippen LogP contribution in [-0.4, -0.2) is 24.5 Å². The molecule has 25 heavy (non-hydrogen) atoms. The van der Waals surface area contributed by atoms with E-state index in [2.05, 4.69) is 81.6 Å². The lowest BCUT2D eigenvalue weighted by Crippen LogP contribution is -2.30. The largest absolute Gasteiger partial charge is 0.260 e. The van der Waals surface area contributed by atoms with Crippen LogP contribution in [0.3, 0.4) is 0 Å². The zero-order valence-electron chi connectivity index (χ0n) is 15.8. The minimum atomic E-state index is 0.742. The topological polar surface area (TPSA) is 38.9 Å². The van der Waals surface area contributed by atoms with Gasteiger partial charge in [-0.1, -0.05) is 29.8 Å². The molecule has 0 aliphatic heterocycles. The highest BCUT2D eigenvalue weighted by atomic mass is 15.4. The summed E-state index contributed by atoms with van der Waals surface area (Å²) in [5.74, 6) is 0. The van der Waals surface area contributed by atoms with Gasteiger partial charge in [-0.25, -0.2) is 0 Å². The average Bonchev–Trinajstić information content (AvgIpc) is 3.02. The van der Waals surface area contributed by atoms with Crippen molar-refractivity contribution < 1.29 is 0 Å². The average molecular weight is 337 g/mol. The Bertz CT molecular complexity index is 793. The van der Waals surface area contributed by atoms with E-state index in [1.54, 1.807) is 0 Å². The van der Waals surface area contributed by atoms with Gasteiger partial charge in [0.1, 0.15) is 0 Å². The maximum Gasteiger partial charge on any atom is 0.0949 e. The molecule has 0 N–H and O–H groups in total. The van der Waals surface area contributed by atoms with Crippen LogP contribution < -0.4 is 0 Å². The predicted molar refractivity (Wildman–Crippen MR) is 100 cm³/mol. The van der Waals surface area contributed by atoms with Crippen LogP contribution in [0.25, 0.3) is 0 Å². The molecule has 0 bridgehead atoms. The zero-order chi connectivity index (χ0) is 18.0. The second kappa shape index (κ2) is 7.23. The molecule has 0 unspecified atom stereocenters. The van der Waals surface area contributed by atoms with Gasteiger partial charge in [-0.3, -0.25) is 14.3 Å². The van der Waals surface area contributed by atoms with Gasteiger partial charge in [0.2, 0.25) is 0 Å². The maximum atomic E-state index is 4.62. The van der Waals surface area contributed by atoms with Crippen LogP contribution in [0.4, 0.5) is 0 Å². The van der Waals surface area contributed by atoms with Gasteiger partial charge in [-0.05, 0) is 52.3 Å². The summed E-state index contributed by atoms with van der Waals surface area (Å²) in [6.45, 7) is 12.7. The van der Waals surface area contributed by atoms with Gasteiger partial charge >= 0.3 is 0 Å². The van der Waals surface area contributed by atoms with Gasteiger partial charge in [0.25, 0.3) is 0 Å². The third kappa shape index (κ3) is 4.37. The van der Waals surface area contributed by atoms with Gasteiger partial charge in [-0.15, -0.1) is 0 Å². The Morgan fingerprint density at radius 2 is 1.24 bits per heavy atom. The Hall–Kier alpha value is -2.40. The fourth-order valence-corrected chi connectivity index (χ4v) is 3.11. The Morgan fingerprint density at radius 3 is 1.64 bits per heavy atom. The number of hydrogen-bond acceptors (Lipinski definition) is 3. The van der Waals surface area contributed by atoms with E-state index in [-0.39, 0.29) is 0 Å². The van der Waals surface area contributed by atoms with Crippen LogP contribution in [-0.2, 0) is 19.9 Å². The molecule has 132 valence electrons. The standard InChI is InChI=1S/C20H27N5/c1-15-6-8-20(9-7-15)12-23(13-24-18(4)10-16(2)21-24)14-25-19(5)11-17(3)22-25/h6-11H,12-14H2,1-5H3. The summed E-state index contributed by atoms with van der Waals surface area (Å²) >= 11 is 0. The fourth-order valence-electron chi connectivity index (χ4n) is 3.11. The summed E-state index contributed by atoms with van der Waals surface area (Å²) < 4.78 is 4.13. The smallest absolute Gasteiger partial charge is 0.0949 e. The van der Waals surface area contributed by atoms with E-state index in [9.17, 15) is 0 Å². The Kier molecular flexibility index (Phi) is 5.04. The highest BCUT2D eigenvalue weighted by molar-refractivity contribution is 5.21. The Morgan fingerprint density at radius 1 is 0.760 bits per heavy atom. The number of aromatic nitrogens is 4.